The molecule has 0 fully saturated rings. The minimum Gasteiger partial charge on any atom is -0.452 e. The zero-order valence-corrected chi connectivity index (χ0v) is 18.4. The average molecular weight is 427 g/mol. The van der Waals surface area contributed by atoms with E-state index in [-0.39, 0.29) is 6.04 Å². The van der Waals surface area contributed by atoms with Crippen molar-refractivity contribution in [2.45, 2.75) is 26.8 Å². The van der Waals surface area contributed by atoms with Gasteiger partial charge in [0.1, 0.15) is 5.75 Å². The molecule has 0 aliphatic heterocycles. The van der Waals surface area contributed by atoms with Gasteiger partial charge < -0.3 is 4.52 Å². The van der Waals surface area contributed by atoms with Crippen molar-refractivity contribution >= 4 is 36.5 Å². The normalized spacial score (nSPS) is 13.4. The molecule has 0 aliphatic rings. The predicted molar refractivity (Wildman–Crippen MR) is 116 cm³/mol. The van der Waals surface area contributed by atoms with E-state index in [4.69, 9.17) is 16.3 Å². The maximum Gasteiger partial charge on any atom is 0.410 e. The zero-order chi connectivity index (χ0) is 20.0. The first-order valence-electron chi connectivity index (χ1n) is 8.62. The Balaban J connectivity index is 2.22. The van der Waals surface area contributed by atoms with Crippen LogP contribution in [-0.4, -0.2) is 33.8 Å². The summed E-state index contributed by atoms with van der Waals surface area (Å²) in [6, 6.07) is 17.8. The Morgan fingerprint density at radius 1 is 1.15 bits per heavy atom. The Labute approximate surface area is 170 Å². The van der Waals surface area contributed by atoms with Crippen molar-refractivity contribution in [2.24, 2.45) is 0 Å². The second kappa shape index (κ2) is 9.69. The van der Waals surface area contributed by atoms with Crippen LogP contribution in [0.2, 0.25) is 0 Å². The van der Waals surface area contributed by atoms with E-state index in [9.17, 15) is 9.18 Å². The molecule has 1 amide bonds. The molecule has 0 saturated carbocycles. The summed E-state index contributed by atoms with van der Waals surface area (Å²) in [5, 5.41) is 0. The average Bonchev–Trinajstić information content (AvgIpc) is 2.66. The second-order valence-corrected chi connectivity index (χ2v) is 11.8. The summed E-state index contributed by atoms with van der Waals surface area (Å²) >= 11 is 6.82. The van der Waals surface area contributed by atoms with Gasteiger partial charge in [-0.25, -0.2) is 9.10 Å². The molecule has 27 heavy (non-hydrogen) atoms. The standard InChI is InChI=1S/C19H24FN2O2PS2/c1-5-25(26,22(15(2)3)27-21(4)19(20)23)24-18-13-11-17(12-14-18)16-9-7-6-8-10-16/h6-15H,5H2,1-4H3. The maximum atomic E-state index is 13.0. The molecule has 1 atom stereocenters. The minimum absolute atomic E-state index is 0.0221. The van der Waals surface area contributed by atoms with Crippen LogP contribution >= 0.6 is 18.5 Å². The molecule has 4 nitrogen and oxygen atoms in total. The van der Waals surface area contributed by atoms with Gasteiger partial charge in [-0.15, -0.1) is 4.39 Å². The number of hydrogen-bond donors (Lipinski definition) is 0. The van der Waals surface area contributed by atoms with Gasteiger partial charge >= 0.3 is 6.16 Å². The van der Waals surface area contributed by atoms with E-state index in [0.717, 1.165) is 27.6 Å². The number of benzene rings is 2. The third-order valence-corrected chi connectivity index (χ3v) is 9.99. The van der Waals surface area contributed by atoms with Crippen molar-refractivity contribution in [1.82, 2.24) is 8.38 Å². The minimum atomic E-state index is -2.50. The summed E-state index contributed by atoms with van der Waals surface area (Å²) in [7, 11) is 1.38. The smallest absolute Gasteiger partial charge is 0.410 e. The van der Waals surface area contributed by atoms with E-state index in [1.807, 2.05) is 79.4 Å². The molecule has 0 N–H and O–H groups in total. The van der Waals surface area contributed by atoms with Crippen LogP contribution in [0.25, 0.3) is 11.1 Å². The second-order valence-electron chi connectivity index (χ2n) is 6.16. The quantitative estimate of drug-likeness (QED) is 0.212. The van der Waals surface area contributed by atoms with Crippen LogP contribution in [0.5, 0.6) is 5.75 Å². The van der Waals surface area contributed by atoms with Crippen LogP contribution in [0.1, 0.15) is 20.8 Å². The first-order valence-corrected chi connectivity index (χ1v) is 12.2. The molecular formula is C19H24FN2O2PS2. The van der Waals surface area contributed by atoms with Crippen LogP contribution in [-0.2, 0) is 11.8 Å². The first kappa shape index (κ1) is 21.9. The third-order valence-electron chi connectivity index (χ3n) is 3.80. The van der Waals surface area contributed by atoms with Gasteiger partial charge in [-0.1, -0.05) is 49.4 Å². The number of carbonyl (C=O) groups is 1. The van der Waals surface area contributed by atoms with E-state index in [0.29, 0.717) is 11.9 Å². The third kappa shape index (κ3) is 5.79. The highest BCUT2D eigenvalue weighted by atomic mass is 32.5. The number of rotatable bonds is 8. The first-order chi connectivity index (χ1) is 12.8. The van der Waals surface area contributed by atoms with Crippen LogP contribution in [0.15, 0.2) is 54.6 Å². The molecule has 0 bridgehead atoms. The molecule has 2 aromatic rings. The molecule has 0 radical (unpaired) electrons. The van der Waals surface area contributed by atoms with Gasteiger partial charge in [-0.2, -0.15) is 4.08 Å². The summed E-state index contributed by atoms with van der Waals surface area (Å²) in [5.41, 5.74) is 2.21. The molecule has 0 heterocycles. The van der Waals surface area contributed by atoms with Gasteiger partial charge in [0.2, 0.25) is 0 Å². The molecule has 1 unspecified atom stereocenters. The topological polar surface area (TPSA) is 32.8 Å². The zero-order valence-electron chi connectivity index (χ0n) is 15.8. The maximum absolute atomic E-state index is 13.0. The van der Waals surface area contributed by atoms with E-state index >= 15 is 0 Å². The van der Waals surface area contributed by atoms with Gasteiger partial charge in [0.05, 0.1) is 12.1 Å². The monoisotopic (exact) mass is 426 g/mol. The van der Waals surface area contributed by atoms with Crippen molar-refractivity contribution in [2.75, 3.05) is 13.2 Å². The van der Waals surface area contributed by atoms with Crippen LogP contribution < -0.4 is 4.52 Å². The van der Waals surface area contributed by atoms with E-state index in [2.05, 4.69) is 0 Å². The van der Waals surface area contributed by atoms with E-state index in [1.54, 1.807) is 0 Å². The Kier molecular flexibility index (Phi) is 7.86. The lowest BCUT2D eigenvalue weighted by Crippen LogP contribution is -2.29. The fourth-order valence-corrected chi connectivity index (χ4v) is 6.87. The highest BCUT2D eigenvalue weighted by Gasteiger charge is 2.32. The van der Waals surface area contributed by atoms with Crippen LogP contribution in [0, 0.1) is 0 Å². The number of halogens is 1. The molecule has 0 spiro atoms. The fraction of sp³-hybridized carbons (Fsp3) is 0.316. The van der Waals surface area contributed by atoms with Crippen molar-refractivity contribution in [3.8, 4) is 16.9 Å². The SMILES string of the molecule is CCP(=S)(Oc1ccc(-c2ccccc2)cc1)N(SN(C)C(=O)F)C(C)C. The van der Waals surface area contributed by atoms with E-state index in [1.165, 1.54) is 7.05 Å². The number of nitrogens with zero attached hydrogens (tertiary/aromatic N) is 2. The Morgan fingerprint density at radius 2 is 1.70 bits per heavy atom. The van der Waals surface area contributed by atoms with Crippen LogP contribution in [0.4, 0.5) is 9.18 Å². The highest BCUT2D eigenvalue weighted by molar-refractivity contribution is 8.17. The molecule has 0 aromatic heterocycles. The fourth-order valence-electron chi connectivity index (χ4n) is 2.41. The van der Waals surface area contributed by atoms with Crippen molar-refractivity contribution in [3.63, 3.8) is 0 Å². The Bertz CT molecular complexity index is 803. The molecule has 146 valence electrons. The molecule has 2 aromatic carbocycles. The summed E-state index contributed by atoms with van der Waals surface area (Å²) in [6.45, 7) is 5.84. The molecular weight excluding hydrogens is 402 g/mol. The molecule has 8 heteroatoms. The lowest BCUT2D eigenvalue weighted by atomic mass is 10.1. The molecule has 0 saturated heterocycles. The van der Waals surface area contributed by atoms with Gasteiger partial charge in [-0.05, 0) is 48.9 Å². The Morgan fingerprint density at radius 3 is 2.19 bits per heavy atom. The molecule has 2 rings (SSSR count). The lowest BCUT2D eigenvalue weighted by molar-refractivity contribution is 0.209. The van der Waals surface area contributed by atoms with E-state index < -0.39 is 12.6 Å². The summed E-state index contributed by atoms with van der Waals surface area (Å²) in [5.74, 6) is 0.667. The van der Waals surface area contributed by atoms with Crippen molar-refractivity contribution in [1.29, 1.82) is 0 Å². The summed E-state index contributed by atoms with van der Waals surface area (Å²) in [4.78, 5) is 11.0. The summed E-state index contributed by atoms with van der Waals surface area (Å²) < 4.78 is 22.0. The molecule has 0 aliphatic carbocycles. The Hall–Kier alpha value is -1.40. The van der Waals surface area contributed by atoms with Gasteiger partial charge in [0, 0.05) is 19.3 Å². The van der Waals surface area contributed by atoms with Gasteiger partial charge in [0.25, 0.3) is 0 Å². The predicted octanol–water partition coefficient (Wildman–Crippen LogP) is 6.36. The van der Waals surface area contributed by atoms with Crippen molar-refractivity contribution < 1.29 is 13.7 Å². The summed E-state index contributed by atoms with van der Waals surface area (Å²) in [6.07, 6.45) is -3.43. The van der Waals surface area contributed by atoms with Gasteiger partial charge in [0.15, 0.2) is 6.42 Å². The van der Waals surface area contributed by atoms with Gasteiger partial charge in [-0.3, -0.25) is 0 Å². The van der Waals surface area contributed by atoms with Crippen molar-refractivity contribution in [3.05, 3.63) is 54.6 Å². The largest absolute Gasteiger partial charge is 0.452 e. The number of amides is 1. The number of hydrogen-bond acceptors (Lipinski definition) is 4. The number of carbonyl (C=O) groups excluding carboxylic acids is 1. The lowest BCUT2D eigenvalue weighted by Gasteiger charge is -2.36. The van der Waals surface area contributed by atoms with Crippen LogP contribution in [0.3, 0.4) is 0 Å². The highest BCUT2D eigenvalue weighted by Crippen LogP contribution is 2.56.